The van der Waals surface area contributed by atoms with Gasteiger partial charge >= 0.3 is 0 Å². The summed E-state index contributed by atoms with van der Waals surface area (Å²) in [6.07, 6.45) is 11.7. The summed E-state index contributed by atoms with van der Waals surface area (Å²) in [6, 6.07) is 13.4. The Morgan fingerprint density at radius 1 is 1.03 bits per heavy atom. The van der Waals surface area contributed by atoms with Gasteiger partial charge in [-0.25, -0.2) is 0 Å². The van der Waals surface area contributed by atoms with Crippen molar-refractivity contribution in [3.8, 4) is 0 Å². The molecule has 1 atom stereocenters. The van der Waals surface area contributed by atoms with Crippen molar-refractivity contribution in [2.45, 2.75) is 57.0 Å². The Morgan fingerprint density at radius 2 is 1.83 bits per heavy atom. The molecular formula is C29H41N5O2. The lowest BCUT2D eigenvalue weighted by molar-refractivity contribution is -0.117. The number of rotatable bonds is 9. The first kappa shape index (κ1) is 25.2. The van der Waals surface area contributed by atoms with Crippen molar-refractivity contribution in [2.24, 2.45) is 5.92 Å². The van der Waals surface area contributed by atoms with Crippen LogP contribution >= 0.6 is 0 Å². The Labute approximate surface area is 215 Å². The second-order valence-electron chi connectivity index (χ2n) is 10.6. The van der Waals surface area contributed by atoms with Crippen molar-refractivity contribution in [1.82, 2.24) is 15.2 Å². The highest BCUT2D eigenvalue weighted by Crippen LogP contribution is 2.29. The molecule has 2 saturated heterocycles. The van der Waals surface area contributed by atoms with E-state index in [2.05, 4.69) is 49.7 Å². The molecule has 3 fully saturated rings. The SMILES string of the molecule is O=C(CC1CCCC1)Nc1cccc(N2CCC(NCC(c3cccnc3)N3CCOCC3)CC2)c1. The van der Waals surface area contributed by atoms with Crippen LogP contribution in [-0.4, -0.2) is 67.8 Å². The van der Waals surface area contributed by atoms with Gasteiger partial charge in [-0.15, -0.1) is 0 Å². The first-order valence-electron chi connectivity index (χ1n) is 13.8. The van der Waals surface area contributed by atoms with Crippen LogP contribution < -0.4 is 15.5 Å². The molecule has 1 amide bonds. The summed E-state index contributed by atoms with van der Waals surface area (Å²) >= 11 is 0. The fraction of sp³-hybridized carbons (Fsp3) is 0.586. The third-order valence-corrected chi connectivity index (χ3v) is 8.09. The number of aromatic nitrogens is 1. The quantitative estimate of drug-likeness (QED) is 0.547. The number of hydrogen-bond acceptors (Lipinski definition) is 6. The fourth-order valence-electron chi connectivity index (χ4n) is 6.01. The Balaban J connectivity index is 1.11. The van der Waals surface area contributed by atoms with Crippen LogP contribution in [0.15, 0.2) is 48.8 Å². The van der Waals surface area contributed by atoms with Crippen LogP contribution in [0.5, 0.6) is 0 Å². The van der Waals surface area contributed by atoms with E-state index in [-0.39, 0.29) is 5.91 Å². The fourth-order valence-corrected chi connectivity index (χ4v) is 6.01. The molecule has 7 nitrogen and oxygen atoms in total. The molecule has 36 heavy (non-hydrogen) atoms. The van der Waals surface area contributed by atoms with Gasteiger partial charge in [-0.2, -0.15) is 0 Å². The molecule has 2 aromatic rings. The lowest BCUT2D eigenvalue weighted by Gasteiger charge is -2.38. The lowest BCUT2D eigenvalue weighted by atomic mass is 10.0. The standard InChI is InChI=1S/C29H41N5O2/c35-29(19-23-5-1-2-6-23)32-26-8-3-9-27(20-26)33-13-10-25(11-14-33)31-22-28(24-7-4-12-30-21-24)34-15-17-36-18-16-34/h3-4,7-9,12,20-21,23,25,28,31H,1-2,5-6,10-11,13-19,22H2,(H,32,35). The summed E-state index contributed by atoms with van der Waals surface area (Å²) in [5.41, 5.74) is 3.39. The minimum absolute atomic E-state index is 0.158. The molecule has 2 aliphatic heterocycles. The molecule has 2 N–H and O–H groups in total. The minimum Gasteiger partial charge on any atom is -0.379 e. The molecule has 1 aromatic carbocycles. The van der Waals surface area contributed by atoms with Crippen LogP contribution in [0.4, 0.5) is 11.4 Å². The van der Waals surface area contributed by atoms with E-state index in [1.165, 1.54) is 36.9 Å². The number of hydrogen-bond donors (Lipinski definition) is 2. The number of morpholine rings is 1. The third-order valence-electron chi connectivity index (χ3n) is 8.09. The third kappa shape index (κ3) is 6.84. The summed E-state index contributed by atoms with van der Waals surface area (Å²) in [5, 5.41) is 7.01. The molecule has 0 spiro atoms. The largest absolute Gasteiger partial charge is 0.379 e. The van der Waals surface area contributed by atoms with E-state index in [0.29, 0.717) is 24.4 Å². The van der Waals surface area contributed by atoms with Crippen molar-refractivity contribution in [3.05, 3.63) is 54.4 Å². The van der Waals surface area contributed by atoms with Gasteiger partial charge in [0, 0.05) is 75.0 Å². The van der Waals surface area contributed by atoms with Gasteiger partial charge in [-0.05, 0) is 61.4 Å². The number of benzene rings is 1. The molecule has 1 unspecified atom stereocenters. The monoisotopic (exact) mass is 491 g/mol. The first-order chi connectivity index (χ1) is 17.7. The predicted octanol–water partition coefficient (Wildman–Crippen LogP) is 4.23. The van der Waals surface area contributed by atoms with Crippen molar-refractivity contribution >= 4 is 17.3 Å². The number of carbonyl (C=O) groups is 1. The summed E-state index contributed by atoms with van der Waals surface area (Å²) in [5.74, 6) is 0.728. The smallest absolute Gasteiger partial charge is 0.224 e. The van der Waals surface area contributed by atoms with Crippen LogP contribution in [-0.2, 0) is 9.53 Å². The zero-order valence-electron chi connectivity index (χ0n) is 21.4. The molecule has 1 saturated carbocycles. The van der Waals surface area contributed by atoms with E-state index in [0.717, 1.165) is 64.5 Å². The highest BCUT2D eigenvalue weighted by molar-refractivity contribution is 5.91. The highest BCUT2D eigenvalue weighted by atomic mass is 16.5. The van der Waals surface area contributed by atoms with E-state index >= 15 is 0 Å². The normalized spacial score (nSPS) is 20.9. The summed E-state index contributed by atoms with van der Waals surface area (Å²) in [4.78, 5) is 21.8. The summed E-state index contributed by atoms with van der Waals surface area (Å²) in [7, 11) is 0. The number of carbonyl (C=O) groups excluding carboxylic acids is 1. The van der Waals surface area contributed by atoms with Crippen LogP contribution in [0, 0.1) is 5.92 Å². The van der Waals surface area contributed by atoms with Crippen molar-refractivity contribution in [3.63, 3.8) is 0 Å². The molecule has 3 aliphatic rings. The van der Waals surface area contributed by atoms with Gasteiger partial charge < -0.3 is 20.3 Å². The summed E-state index contributed by atoms with van der Waals surface area (Å²) in [6.45, 7) is 6.50. The van der Waals surface area contributed by atoms with Crippen molar-refractivity contribution in [1.29, 1.82) is 0 Å². The second kappa shape index (κ2) is 12.7. The zero-order chi connectivity index (χ0) is 24.6. The highest BCUT2D eigenvalue weighted by Gasteiger charge is 2.26. The Morgan fingerprint density at radius 3 is 2.58 bits per heavy atom. The van der Waals surface area contributed by atoms with Crippen LogP contribution in [0.25, 0.3) is 0 Å². The molecular weight excluding hydrogens is 450 g/mol. The molecule has 1 aromatic heterocycles. The van der Waals surface area contributed by atoms with Gasteiger partial charge in [0.05, 0.1) is 13.2 Å². The molecule has 7 heteroatoms. The van der Waals surface area contributed by atoms with Crippen LogP contribution in [0.1, 0.15) is 56.6 Å². The van der Waals surface area contributed by atoms with E-state index in [1.807, 2.05) is 24.5 Å². The maximum Gasteiger partial charge on any atom is 0.224 e. The molecule has 5 rings (SSSR count). The van der Waals surface area contributed by atoms with E-state index in [9.17, 15) is 4.79 Å². The molecule has 3 heterocycles. The van der Waals surface area contributed by atoms with Gasteiger partial charge in [0.25, 0.3) is 0 Å². The van der Waals surface area contributed by atoms with Gasteiger partial charge in [0.1, 0.15) is 0 Å². The van der Waals surface area contributed by atoms with Crippen LogP contribution in [0.3, 0.4) is 0 Å². The van der Waals surface area contributed by atoms with Crippen molar-refractivity contribution in [2.75, 3.05) is 56.2 Å². The predicted molar refractivity (Wildman–Crippen MR) is 144 cm³/mol. The number of nitrogens with one attached hydrogen (secondary N) is 2. The van der Waals surface area contributed by atoms with Gasteiger partial charge in [-0.3, -0.25) is 14.7 Å². The Bertz CT molecular complexity index is 951. The minimum atomic E-state index is 0.158. The Kier molecular flexibility index (Phi) is 8.85. The average Bonchev–Trinajstić information content (AvgIpc) is 3.43. The molecule has 1 aliphatic carbocycles. The molecule has 0 radical (unpaired) electrons. The van der Waals surface area contributed by atoms with Gasteiger partial charge in [0.15, 0.2) is 0 Å². The van der Waals surface area contributed by atoms with E-state index in [4.69, 9.17) is 4.74 Å². The topological polar surface area (TPSA) is 69.7 Å². The van der Waals surface area contributed by atoms with Crippen LogP contribution in [0.2, 0.25) is 0 Å². The van der Waals surface area contributed by atoms with Gasteiger partial charge in [-0.1, -0.05) is 25.0 Å². The average molecular weight is 492 g/mol. The molecule has 194 valence electrons. The maximum atomic E-state index is 12.5. The lowest BCUT2D eigenvalue weighted by Crippen LogP contribution is -2.47. The zero-order valence-corrected chi connectivity index (χ0v) is 21.4. The molecule has 0 bridgehead atoms. The number of pyridine rings is 1. The second-order valence-corrected chi connectivity index (χ2v) is 10.6. The number of piperidine rings is 1. The Hall–Kier alpha value is -2.48. The number of nitrogens with zero attached hydrogens (tertiary/aromatic N) is 3. The van der Waals surface area contributed by atoms with Gasteiger partial charge in [0.2, 0.25) is 5.91 Å². The first-order valence-corrected chi connectivity index (χ1v) is 13.8. The van der Waals surface area contributed by atoms with Crippen molar-refractivity contribution < 1.29 is 9.53 Å². The summed E-state index contributed by atoms with van der Waals surface area (Å²) < 4.78 is 5.59. The number of amides is 1. The number of ether oxygens (including phenoxy) is 1. The van der Waals surface area contributed by atoms with E-state index < -0.39 is 0 Å². The maximum absolute atomic E-state index is 12.5. The number of anilines is 2. The van der Waals surface area contributed by atoms with E-state index in [1.54, 1.807) is 0 Å².